The third kappa shape index (κ3) is 3.55. The van der Waals surface area contributed by atoms with Gasteiger partial charge in [-0.1, -0.05) is 12.8 Å². The van der Waals surface area contributed by atoms with Gasteiger partial charge in [0.15, 0.2) is 0 Å². The summed E-state index contributed by atoms with van der Waals surface area (Å²) >= 11 is 0. The van der Waals surface area contributed by atoms with Crippen LogP contribution in [0.1, 0.15) is 39.0 Å². The summed E-state index contributed by atoms with van der Waals surface area (Å²) in [4.78, 5) is 0. The molecule has 0 aliphatic heterocycles. The summed E-state index contributed by atoms with van der Waals surface area (Å²) < 4.78 is 25.8. The highest BCUT2D eigenvalue weighted by molar-refractivity contribution is 7.89. The van der Waals surface area contributed by atoms with Gasteiger partial charge in [-0.25, -0.2) is 13.1 Å². The normalized spacial score (nSPS) is 21.3. The summed E-state index contributed by atoms with van der Waals surface area (Å²) in [6.45, 7) is 1.88. The quantitative estimate of drug-likeness (QED) is 0.715. The number of nitrogens with one attached hydrogen (secondary N) is 1. The van der Waals surface area contributed by atoms with Crippen LogP contribution in [-0.2, 0) is 10.0 Å². The van der Waals surface area contributed by atoms with E-state index in [1.165, 1.54) is 0 Å². The highest BCUT2D eigenvalue weighted by atomic mass is 32.2. The second-order valence-corrected chi connectivity index (χ2v) is 6.11. The molecule has 5 heteroatoms. The lowest BCUT2D eigenvalue weighted by Crippen LogP contribution is -2.44. The first-order chi connectivity index (χ1) is 6.47. The molecule has 0 aromatic rings. The van der Waals surface area contributed by atoms with Crippen molar-refractivity contribution in [1.82, 2.24) is 4.72 Å². The van der Waals surface area contributed by atoms with E-state index in [-0.39, 0.29) is 17.9 Å². The Morgan fingerprint density at radius 3 is 2.43 bits per heavy atom. The minimum atomic E-state index is -3.20. The van der Waals surface area contributed by atoms with E-state index in [0.717, 1.165) is 25.7 Å². The van der Waals surface area contributed by atoms with Gasteiger partial charge in [-0.15, -0.1) is 0 Å². The third-order valence-corrected chi connectivity index (χ3v) is 4.31. The smallest absolute Gasteiger partial charge is 0.212 e. The van der Waals surface area contributed by atoms with E-state index in [2.05, 4.69) is 4.72 Å². The van der Waals surface area contributed by atoms with Crippen LogP contribution in [0, 0.1) is 0 Å². The Kier molecular flexibility index (Phi) is 3.92. The summed E-state index contributed by atoms with van der Waals surface area (Å²) in [6.07, 6.45) is 4.35. The fourth-order valence-corrected chi connectivity index (χ4v) is 3.50. The summed E-state index contributed by atoms with van der Waals surface area (Å²) in [5, 5.41) is 8.56. The van der Waals surface area contributed by atoms with E-state index >= 15 is 0 Å². The maximum absolute atomic E-state index is 11.5. The number of hydrogen-bond donors (Lipinski definition) is 2. The molecule has 4 nitrogen and oxygen atoms in total. The van der Waals surface area contributed by atoms with Crippen LogP contribution in [0.4, 0.5) is 0 Å². The molecule has 0 atom stereocenters. The predicted octanol–water partition coefficient (Wildman–Crippen LogP) is 0.621. The van der Waals surface area contributed by atoms with Crippen LogP contribution < -0.4 is 4.72 Å². The highest BCUT2D eigenvalue weighted by Gasteiger charge is 2.32. The van der Waals surface area contributed by atoms with Gasteiger partial charge in [-0.2, -0.15) is 0 Å². The Morgan fingerprint density at radius 2 is 1.93 bits per heavy atom. The molecule has 1 fully saturated rings. The minimum Gasteiger partial charge on any atom is -0.396 e. The molecule has 0 spiro atoms. The van der Waals surface area contributed by atoms with E-state index in [4.69, 9.17) is 5.11 Å². The topological polar surface area (TPSA) is 66.4 Å². The Labute approximate surface area is 85.8 Å². The molecule has 0 radical (unpaired) electrons. The lowest BCUT2D eigenvalue weighted by atomic mass is 10.0. The van der Waals surface area contributed by atoms with Crippen LogP contribution in [0.15, 0.2) is 0 Å². The lowest BCUT2D eigenvalue weighted by Gasteiger charge is -2.24. The number of aliphatic hydroxyl groups is 1. The Bertz CT molecular complexity index is 268. The van der Waals surface area contributed by atoms with E-state index in [1.54, 1.807) is 0 Å². The summed E-state index contributed by atoms with van der Waals surface area (Å²) in [7, 11) is -3.20. The monoisotopic (exact) mass is 221 g/mol. The molecule has 0 amide bonds. The zero-order chi connectivity index (χ0) is 10.7. The molecule has 0 aromatic carbocycles. The largest absolute Gasteiger partial charge is 0.396 e. The molecule has 0 heterocycles. The third-order valence-electron chi connectivity index (χ3n) is 2.68. The minimum absolute atomic E-state index is 0.0269. The van der Waals surface area contributed by atoms with Crippen LogP contribution >= 0.6 is 0 Å². The second kappa shape index (κ2) is 4.59. The van der Waals surface area contributed by atoms with Gasteiger partial charge in [-0.05, 0) is 26.2 Å². The first-order valence-corrected chi connectivity index (χ1v) is 6.75. The van der Waals surface area contributed by atoms with Crippen molar-refractivity contribution in [2.24, 2.45) is 0 Å². The average molecular weight is 221 g/mol. The molecule has 2 N–H and O–H groups in total. The van der Waals surface area contributed by atoms with Gasteiger partial charge in [0.1, 0.15) is 0 Å². The maximum Gasteiger partial charge on any atom is 0.212 e. The molecule has 1 saturated carbocycles. The number of aliphatic hydroxyl groups excluding tert-OH is 1. The lowest BCUT2D eigenvalue weighted by molar-refractivity contribution is 0.294. The van der Waals surface area contributed by atoms with Crippen molar-refractivity contribution in [3.8, 4) is 0 Å². The van der Waals surface area contributed by atoms with Gasteiger partial charge < -0.3 is 5.11 Å². The van der Waals surface area contributed by atoms with Crippen LogP contribution in [-0.4, -0.2) is 31.4 Å². The average Bonchev–Trinajstić information content (AvgIpc) is 2.47. The van der Waals surface area contributed by atoms with Crippen LogP contribution in [0.3, 0.4) is 0 Å². The molecular formula is C9H19NO3S. The highest BCUT2D eigenvalue weighted by Crippen LogP contribution is 2.29. The second-order valence-electron chi connectivity index (χ2n) is 4.27. The van der Waals surface area contributed by atoms with Crippen molar-refractivity contribution in [3.63, 3.8) is 0 Å². The molecular weight excluding hydrogens is 202 g/mol. The van der Waals surface area contributed by atoms with Gasteiger partial charge >= 0.3 is 0 Å². The predicted molar refractivity (Wildman–Crippen MR) is 55.5 cm³/mol. The molecule has 0 unspecified atom stereocenters. The van der Waals surface area contributed by atoms with Crippen molar-refractivity contribution in [1.29, 1.82) is 0 Å². The van der Waals surface area contributed by atoms with Gasteiger partial charge in [0.05, 0.1) is 5.75 Å². The van der Waals surface area contributed by atoms with Crippen molar-refractivity contribution >= 4 is 10.0 Å². The fraction of sp³-hybridized carbons (Fsp3) is 1.00. The SMILES string of the molecule is CC1(NS(=O)(=O)CCCO)CCCC1. The van der Waals surface area contributed by atoms with E-state index < -0.39 is 10.0 Å². The van der Waals surface area contributed by atoms with Gasteiger partial charge in [0.2, 0.25) is 10.0 Å². The summed E-state index contributed by atoms with van der Waals surface area (Å²) in [5.41, 5.74) is -0.242. The molecule has 1 aliphatic carbocycles. The van der Waals surface area contributed by atoms with Gasteiger partial charge in [0.25, 0.3) is 0 Å². The van der Waals surface area contributed by atoms with Gasteiger partial charge in [0, 0.05) is 12.1 Å². The number of sulfonamides is 1. The van der Waals surface area contributed by atoms with Crippen molar-refractivity contribution in [3.05, 3.63) is 0 Å². The number of hydrogen-bond acceptors (Lipinski definition) is 3. The molecule has 1 rings (SSSR count). The van der Waals surface area contributed by atoms with Crippen LogP contribution in [0.2, 0.25) is 0 Å². The van der Waals surface area contributed by atoms with E-state index in [9.17, 15) is 8.42 Å². The molecule has 0 saturated heterocycles. The molecule has 0 aromatic heterocycles. The maximum atomic E-state index is 11.5. The Morgan fingerprint density at radius 1 is 1.36 bits per heavy atom. The standard InChI is InChI=1S/C9H19NO3S/c1-9(5-2-3-6-9)10-14(12,13)8-4-7-11/h10-11H,2-8H2,1H3. The van der Waals surface area contributed by atoms with Crippen molar-refractivity contribution < 1.29 is 13.5 Å². The van der Waals surface area contributed by atoms with Crippen LogP contribution in [0.5, 0.6) is 0 Å². The molecule has 1 aliphatic rings. The Balaban J connectivity index is 2.49. The van der Waals surface area contributed by atoms with Gasteiger partial charge in [-0.3, -0.25) is 0 Å². The van der Waals surface area contributed by atoms with E-state index in [1.807, 2.05) is 6.92 Å². The first-order valence-electron chi connectivity index (χ1n) is 5.10. The van der Waals surface area contributed by atoms with Crippen LogP contribution in [0.25, 0.3) is 0 Å². The summed E-state index contributed by atoms with van der Waals surface area (Å²) in [5.74, 6) is 0.0269. The molecule has 14 heavy (non-hydrogen) atoms. The van der Waals surface area contributed by atoms with Crippen molar-refractivity contribution in [2.45, 2.75) is 44.6 Å². The zero-order valence-corrected chi connectivity index (χ0v) is 9.44. The number of rotatable bonds is 5. The molecule has 84 valence electrons. The summed E-state index contributed by atoms with van der Waals surface area (Å²) in [6, 6.07) is 0. The molecule has 0 bridgehead atoms. The fourth-order valence-electron chi connectivity index (χ4n) is 1.94. The zero-order valence-electron chi connectivity index (χ0n) is 8.62. The van der Waals surface area contributed by atoms with E-state index in [0.29, 0.717) is 6.42 Å². The first kappa shape index (κ1) is 11.9. The van der Waals surface area contributed by atoms with Crippen molar-refractivity contribution in [2.75, 3.05) is 12.4 Å². The Hall–Kier alpha value is -0.130.